The lowest BCUT2D eigenvalue weighted by atomic mass is 9.94. The van der Waals surface area contributed by atoms with Gasteiger partial charge in [0.25, 0.3) is 0 Å². The summed E-state index contributed by atoms with van der Waals surface area (Å²) in [5, 5.41) is 0.947. The number of carbonyl (C=O) groups excluding carboxylic acids is 1. The van der Waals surface area contributed by atoms with E-state index in [0.29, 0.717) is 11.6 Å². The van der Waals surface area contributed by atoms with E-state index < -0.39 is 0 Å². The first-order valence-electron chi connectivity index (χ1n) is 11.5. The minimum absolute atomic E-state index is 0.287. The van der Waals surface area contributed by atoms with Crippen molar-refractivity contribution >= 4 is 16.9 Å². The Bertz CT molecular complexity index is 1020. The molecule has 0 amide bonds. The van der Waals surface area contributed by atoms with Gasteiger partial charge in [0.05, 0.1) is 5.56 Å². The Morgan fingerprint density at radius 3 is 2.68 bits per heavy atom. The van der Waals surface area contributed by atoms with Gasteiger partial charge in [-0.2, -0.15) is 0 Å². The van der Waals surface area contributed by atoms with E-state index >= 15 is 0 Å². The number of H-pyrrole nitrogens is 1. The first-order chi connectivity index (χ1) is 15.0. The monoisotopic (exact) mass is 419 g/mol. The molecule has 1 aliphatic rings. The summed E-state index contributed by atoms with van der Waals surface area (Å²) >= 11 is 0. The number of hydrogen-bond acceptors (Lipinski definition) is 4. The second-order valence-corrected chi connectivity index (χ2v) is 8.86. The van der Waals surface area contributed by atoms with Crippen LogP contribution in [-0.4, -0.2) is 40.5 Å². The molecule has 1 saturated carbocycles. The zero-order valence-corrected chi connectivity index (χ0v) is 18.9. The van der Waals surface area contributed by atoms with Gasteiger partial charge in [-0.1, -0.05) is 25.3 Å². The van der Waals surface area contributed by atoms with Crippen molar-refractivity contribution < 1.29 is 9.53 Å². The first-order valence-corrected chi connectivity index (χ1v) is 11.5. The van der Waals surface area contributed by atoms with Crippen LogP contribution >= 0.6 is 0 Å². The highest BCUT2D eigenvalue weighted by atomic mass is 16.5. The molecule has 1 aromatic carbocycles. The number of ether oxygens (including phenoxy) is 1. The van der Waals surface area contributed by atoms with Crippen molar-refractivity contribution in [2.24, 2.45) is 0 Å². The van der Waals surface area contributed by atoms with E-state index in [1.807, 2.05) is 26.0 Å². The number of aromatic nitrogens is 2. The second kappa shape index (κ2) is 9.65. The van der Waals surface area contributed by atoms with Gasteiger partial charge in [-0.05, 0) is 75.5 Å². The molecule has 3 aromatic rings. The van der Waals surface area contributed by atoms with E-state index in [-0.39, 0.29) is 12.1 Å². The molecule has 0 bridgehead atoms. The molecule has 0 aliphatic heterocycles. The van der Waals surface area contributed by atoms with Crippen LogP contribution in [0.25, 0.3) is 10.9 Å². The molecule has 2 aromatic heterocycles. The molecule has 1 atom stereocenters. The van der Waals surface area contributed by atoms with Gasteiger partial charge in [-0.25, -0.2) is 4.79 Å². The van der Waals surface area contributed by atoms with Crippen molar-refractivity contribution in [1.82, 2.24) is 14.9 Å². The number of aryl methyl sites for hydroxylation is 1. The van der Waals surface area contributed by atoms with Gasteiger partial charge in [0.2, 0.25) is 0 Å². The predicted molar refractivity (Wildman–Crippen MR) is 124 cm³/mol. The second-order valence-electron chi connectivity index (χ2n) is 8.86. The molecular weight excluding hydrogens is 386 g/mol. The van der Waals surface area contributed by atoms with Gasteiger partial charge >= 0.3 is 5.97 Å². The van der Waals surface area contributed by atoms with Gasteiger partial charge in [-0.15, -0.1) is 0 Å². The zero-order chi connectivity index (χ0) is 21.8. The number of esters is 1. The van der Waals surface area contributed by atoms with Gasteiger partial charge in [0.1, 0.15) is 6.10 Å². The van der Waals surface area contributed by atoms with Crippen LogP contribution in [0.5, 0.6) is 0 Å². The number of aromatic amines is 1. The minimum atomic E-state index is -0.327. The number of fused-ring (bicyclic) bond motifs is 1. The summed E-state index contributed by atoms with van der Waals surface area (Å²) in [6.07, 6.45) is 10.8. The normalized spacial score (nSPS) is 16.0. The third kappa shape index (κ3) is 4.99. The molecule has 1 fully saturated rings. The van der Waals surface area contributed by atoms with E-state index in [0.717, 1.165) is 35.1 Å². The summed E-state index contributed by atoms with van der Waals surface area (Å²) in [4.78, 5) is 22.9. The highest BCUT2D eigenvalue weighted by molar-refractivity contribution is 6.05. The van der Waals surface area contributed by atoms with Crippen molar-refractivity contribution in [2.45, 2.75) is 64.5 Å². The van der Waals surface area contributed by atoms with Crippen molar-refractivity contribution in [3.63, 3.8) is 0 Å². The lowest BCUT2D eigenvalue weighted by Crippen LogP contribution is -2.34. The number of pyridine rings is 1. The smallest absolute Gasteiger partial charge is 0.341 e. The highest BCUT2D eigenvalue weighted by Crippen LogP contribution is 2.27. The van der Waals surface area contributed by atoms with Gasteiger partial charge in [-0.3, -0.25) is 4.98 Å². The SMILES string of the molecule is Cc1[nH]c2ccc(CCN(C)C3CCCCC3)cc2c1C(=O)OC(C)c1ccncc1. The van der Waals surface area contributed by atoms with Crippen molar-refractivity contribution in [3.8, 4) is 0 Å². The van der Waals surface area contributed by atoms with Crippen molar-refractivity contribution in [2.75, 3.05) is 13.6 Å². The van der Waals surface area contributed by atoms with Crippen molar-refractivity contribution in [3.05, 3.63) is 65.1 Å². The summed E-state index contributed by atoms with van der Waals surface area (Å²) in [5.41, 5.74) is 4.65. The summed E-state index contributed by atoms with van der Waals surface area (Å²) in [7, 11) is 2.25. The zero-order valence-electron chi connectivity index (χ0n) is 18.9. The Balaban J connectivity index is 1.48. The van der Waals surface area contributed by atoms with Gasteiger partial charge < -0.3 is 14.6 Å². The molecule has 2 heterocycles. The minimum Gasteiger partial charge on any atom is -0.454 e. The molecule has 4 rings (SSSR count). The molecule has 164 valence electrons. The first kappa shape index (κ1) is 21.6. The van der Waals surface area contributed by atoms with Gasteiger partial charge in [0, 0.05) is 41.6 Å². The van der Waals surface area contributed by atoms with Crippen LogP contribution in [0, 0.1) is 6.92 Å². The van der Waals surface area contributed by atoms with Crippen LogP contribution in [0.3, 0.4) is 0 Å². The summed E-state index contributed by atoms with van der Waals surface area (Å²) in [6, 6.07) is 10.9. The topological polar surface area (TPSA) is 58.2 Å². The molecule has 0 spiro atoms. The average Bonchev–Trinajstić information content (AvgIpc) is 3.13. The highest BCUT2D eigenvalue weighted by Gasteiger charge is 2.21. The van der Waals surface area contributed by atoms with Crippen LogP contribution in [-0.2, 0) is 11.2 Å². The van der Waals surface area contributed by atoms with E-state index in [4.69, 9.17) is 4.74 Å². The molecule has 5 nitrogen and oxygen atoms in total. The Labute approximate surface area is 184 Å². The summed E-state index contributed by atoms with van der Waals surface area (Å²) in [5.74, 6) is -0.287. The molecule has 1 aliphatic carbocycles. The van der Waals surface area contributed by atoms with Crippen LogP contribution in [0.1, 0.15) is 72.3 Å². The van der Waals surface area contributed by atoms with Crippen molar-refractivity contribution in [1.29, 1.82) is 0 Å². The molecule has 5 heteroatoms. The number of nitrogens with one attached hydrogen (secondary N) is 1. The Morgan fingerprint density at radius 2 is 1.94 bits per heavy atom. The standard InChI is InChI=1S/C26H33N3O2/c1-18-25(26(30)31-19(2)21-11-14-27-15-12-21)23-17-20(9-10-24(23)28-18)13-16-29(3)22-7-5-4-6-8-22/h9-12,14-15,17,19,22,28H,4-8,13,16H2,1-3H3. The Kier molecular flexibility index (Phi) is 6.71. The number of hydrogen-bond donors (Lipinski definition) is 1. The van der Waals surface area contributed by atoms with E-state index in [9.17, 15) is 4.79 Å². The maximum atomic E-state index is 13.0. The molecule has 1 N–H and O–H groups in total. The largest absolute Gasteiger partial charge is 0.454 e. The quantitative estimate of drug-likeness (QED) is 0.507. The Morgan fingerprint density at radius 1 is 1.19 bits per heavy atom. The number of nitrogens with zero attached hydrogens (tertiary/aromatic N) is 2. The van der Waals surface area contributed by atoms with Crippen LogP contribution in [0.15, 0.2) is 42.7 Å². The van der Waals surface area contributed by atoms with Gasteiger partial charge in [0.15, 0.2) is 0 Å². The van der Waals surface area contributed by atoms with E-state index in [2.05, 4.69) is 40.1 Å². The molecule has 1 unspecified atom stereocenters. The van der Waals surface area contributed by atoms with Crippen LogP contribution in [0.2, 0.25) is 0 Å². The molecule has 0 radical (unpaired) electrons. The number of likely N-dealkylation sites (N-methyl/N-ethyl adjacent to an activating group) is 1. The Hall–Kier alpha value is -2.66. The third-order valence-electron chi connectivity index (χ3n) is 6.67. The summed E-state index contributed by atoms with van der Waals surface area (Å²) in [6.45, 7) is 4.87. The number of rotatable bonds is 7. The van der Waals surface area contributed by atoms with Crippen LogP contribution in [0.4, 0.5) is 0 Å². The number of carbonyl (C=O) groups is 1. The maximum absolute atomic E-state index is 13.0. The maximum Gasteiger partial charge on any atom is 0.341 e. The lowest BCUT2D eigenvalue weighted by Gasteiger charge is -2.31. The molecule has 31 heavy (non-hydrogen) atoms. The van der Waals surface area contributed by atoms with Crippen LogP contribution < -0.4 is 0 Å². The molecular formula is C26H33N3O2. The molecule has 0 saturated heterocycles. The number of benzene rings is 1. The third-order valence-corrected chi connectivity index (χ3v) is 6.67. The van der Waals surface area contributed by atoms with E-state index in [1.165, 1.54) is 37.7 Å². The summed E-state index contributed by atoms with van der Waals surface area (Å²) < 4.78 is 5.79. The predicted octanol–water partition coefficient (Wildman–Crippen LogP) is 5.60. The fourth-order valence-corrected chi connectivity index (χ4v) is 4.72. The fourth-order valence-electron chi connectivity index (χ4n) is 4.72. The van der Waals surface area contributed by atoms with E-state index in [1.54, 1.807) is 12.4 Å². The average molecular weight is 420 g/mol. The fraction of sp³-hybridized carbons (Fsp3) is 0.462. The lowest BCUT2D eigenvalue weighted by molar-refractivity contribution is 0.0339.